The molecule has 0 radical (unpaired) electrons. The molecule has 2 amide bonds. The van der Waals surface area contributed by atoms with Gasteiger partial charge in [0.25, 0.3) is 0 Å². The zero-order chi connectivity index (χ0) is 33.6. The van der Waals surface area contributed by atoms with Crippen LogP contribution in [0, 0.1) is 0 Å². The third kappa shape index (κ3) is 13.5. The monoisotopic (exact) mass is 668 g/mol. The molecule has 0 aliphatic heterocycles. The van der Waals surface area contributed by atoms with Crippen molar-refractivity contribution in [3.05, 3.63) is 65.7 Å². The van der Waals surface area contributed by atoms with E-state index in [2.05, 4.69) is 10.0 Å². The van der Waals surface area contributed by atoms with Crippen LogP contribution in [-0.4, -0.2) is 94.3 Å². The van der Waals surface area contributed by atoms with Gasteiger partial charge in [0.15, 0.2) is 9.84 Å². The van der Waals surface area contributed by atoms with Gasteiger partial charge in [0.2, 0.25) is 21.8 Å². The van der Waals surface area contributed by atoms with Gasteiger partial charge in [-0.3, -0.25) is 9.59 Å². The van der Waals surface area contributed by atoms with E-state index in [9.17, 15) is 31.5 Å². The zero-order valence-corrected chi connectivity index (χ0v) is 28.1. The number of aliphatic hydroxyl groups is 1. The van der Waals surface area contributed by atoms with Crippen LogP contribution in [0.2, 0.25) is 0 Å². The van der Waals surface area contributed by atoms with Gasteiger partial charge in [-0.05, 0) is 42.5 Å². The average Bonchev–Trinajstić information content (AvgIpc) is 2.99. The second-order valence-electron chi connectivity index (χ2n) is 11.2. The predicted molar refractivity (Wildman–Crippen MR) is 175 cm³/mol. The predicted octanol–water partition coefficient (Wildman–Crippen LogP) is 1.37. The Kier molecular flexibility index (Phi) is 15.4. The second-order valence-corrected chi connectivity index (χ2v) is 15.4. The lowest BCUT2D eigenvalue weighted by molar-refractivity contribution is -0.137. The average molecular weight is 669 g/mol. The minimum Gasteiger partial charge on any atom is -0.497 e. The van der Waals surface area contributed by atoms with E-state index >= 15 is 0 Å². The summed E-state index contributed by atoms with van der Waals surface area (Å²) < 4.78 is 57.7. The molecule has 45 heavy (non-hydrogen) atoms. The van der Waals surface area contributed by atoms with Gasteiger partial charge in [-0.2, -0.15) is 0 Å². The highest BCUT2D eigenvalue weighted by molar-refractivity contribution is 7.92. The third-order valence-corrected chi connectivity index (χ3v) is 10.2. The number of rotatable bonds is 20. The fourth-order valence-corrected chi connectivity index (χ4v) is 7.51. The number of nitrogens with one attached hydrogen (secondary N) is 2. The van der Waals surface area contributed by atoms with Crippen molar-refractivity contribution in [3.8, 4) is 5.75 Å². The van der Waals surface area contributed by atoms with E-state index in [-0.39, 0.29) is 13.1 Å². The van der Waals surface area contributed by atoms with Gasteiger partial charge in [-0.25, -0.2) is 21.6 Å². The van der Waals surface area contributed by atoms with Crippen LogP contribution >= 0.6 is 0 Å². The first-order valence-corrected chi connectivity index (χ1v) is 18.6. The summed E-state index contributed by atoms with van der Waals surface area (Å²) in [7, 11) is -6.13. The number of nitrogens with zero attached hydrogens (tertiary/aromatic N) is 1. The lowest BCUT2D eigenvalue weighted by Gasteiger charge is -2.32. The van der Waals surface area contributed by atoms with Crippen LogP contribution in [-0.2, 0) is 42.4 Å². The van der Waals surface area contributed by atoms with Gasteiger partial charge in [-0.15, -0.1) is 0 Å². The number of sulfone groups is 1. The Hall–Kier alpha value is -3.04. The van der Waals surface area contributed by atoms with Gasteiger partial charge < -0.3 is 25.8 Å². The Balaban J connectivity index is 2.46. The molecular weight excluding hydrogens is 620 g/mol. The largest absolute Gasteiger partial charge is 0.497 e. The van der Waals surface area contributed by atoms with E-state index in [0.717, 1.165) is 11.8 Å². The fraction of sp³-hybridized carbons (Fsp3) is 0.548. The molecule has 2 rings (SSSR count). The van der Waals surface area contributed by atoms with E-state index in [1.807, 2.05) is 44.2 Å². The molecule has 252 valence electrons. The third-order valence-electron chi connectivity index (χ3n) is 7.29. The molecule has 0 fully saturated rings. The van der Waals surface area contributed by atoms with E-state index in [4.69, 9.17) is 10.5 Å². The lowest BCUT2D eigenvalue weighted by atomic mass is 10.0. The van der Waals surface area contributed by atoms with E-state index < -0.39 is 67.4 Å². The maximum absolute atomic E-state index is 14.2. The maximum Gasteiger partial charge on any atom is 0.246 e. The second kappa shape index (κ2) is 18.2. The molecule has 0 bridgehead atoms. The summed E-state index contributed by atoms with van der Waals surface area (Å²) in [6.45, 7) is 2.75. The highest BCUT2D eigenvalue weighted by Gasteiger charge is 2.35. The minimum atomic E-state index is -3.89. The SMILES string of the molecule is CCCC(CCC)S(=O)(=O)CC(NC(=O)CNS(C)(=O)=O)C(=O)N(Cc1cccc(OC)c1)C[C@@H](O)[C@@H](N)Cc1ccccc1. The van der Waals surface area contributed by atoms with Crippen LogP contribution in [0.4, 0.5) is 0 Å². The van der Waals surface area contributed by atoms with Crippen LogP contribution in [0.1, 0.15) is 50.7 Å². The van der Waals surface area contributed by atoms with E-state index in [0.29, 0.717) is 43.4 Å². The number of aliphatic hydroxyl groups excluding tert-OH is 1. The number of carbonyl (C=O) groups is 2. The summed E-state index contributed by atoms with van der Waals surface area (Å²) in [5.41, 5.74) is 7.87. The highest BCUT2D eigenvalue weighted by atomic mass is 32.2. The zero-order valence-electron chi connectivity index (χ0n) is 26.5. The van der Waals surface area contributed by atoms with Crippen LogP contribution in [0.25, 0.3) is 0 Å². The maximum atomic E-state index is 14.2. The van der Waals surface area contributed by atoms with Gasteiger partial charge in [0.1, 0.15) is 11.8 Å². The highest BCUT2D eigenvalue weighted by Crippen LogP contribution is 2.20. The molecule has 3 atom stereocenters. The van der Waals surface area contributed by atoms with Gasteiger partial charge in [-0.1, -0.05) is 69.2 Å². The van der Waals surface area contributed by atoms with Gasteiger partial charge in [0, 0.05) is 19.1 Å². The van der Waals surface area contributed by atoms with Crippen molar-refractivity contribution in [2.45, 2.75) is 75.9 Å². The number of hydrogen-bond acceptors (Lipinski definition) is 9. The van der Waals surface area contributed by atoms with Crippen molar-refractivity contribution in [1.29, 1.82) is 0 Å². The summed E-state index contributed by atoms with van der Waals surface area (Å²) in [5, 5.41) is 12.9. The quantitative estimate of drug-likeness (QED) is 0.162. The number of hydrogen-bond donors (Lipinski definition) is 4. The first-order chi connectivity index (χ1) is 21.2. The molecule has 0 aliphatic carbocycles. The number of amides is 2. The van der Waals surface area contributed by atoms with Crippen molar-refractivity contribution in [1.82, 2.24) is 14.9 Å². The topological polar surface area (TPSA) is 185 Å². The number of nitrogens with two attached hydrogens (primary N) is 1. The summed E-state index contributed by atoms with van der Waals surface area (Å²) in [4.78, 5) is 28.3. The fourth-order valence-electron chi connectivity index (χ4n) is 4.96. The van der Waals surface area contributed by atoms with Crippen molar-refractivity contribution in [2.24, 2.45) is 5.73 Å². The molecular formula is C31H48N4O8S2. The van der Waals surface area contributed by atoms with Crippen molar-refractivity contribution in [3.63, 3.8) is 0 Å². The van der Waals surface area contributed by atoms with Crippen LogP contribution < -0.4 is 20.5 Å². The van der Waals surface area contributed by atoms with Crippen molar-refractivity contribution < 1.29 is 36.3 Å². The van der Waals surface area contributed by atoms with Crippen LogP contribution in [0.5, 0.6) is 5.75 Å². The molecule has 1 unspecified atom stereocenters. The standard InChI is InChI=1S/C31H48N4O8S2/c1-5-11-26(12-6-2)45(41,42)22-28(34-30(37)19-33-44(4,39)40)31(38)35(20-24-15-10-16-25(17-24)43-3)21-29(36)27(32)18-23-13-8-7-9-14-23/h7-10,13-17,26-29,33,36H,5-6,11-12,18-22,32H2,1-4H3,(H,34,37)/t27-,28?,29+/m0/s1. The van der Waals surface area contributed by atoms with E-state index in [1.54, 1.807) is 24.3 Å². The molecule has 12 nitrogen and oxygen atoms in total. The van der Waals surface area contributed by atoms with Crippen molar-refractivity contribution in [2.75, 3.05) is 32.2 Å². The van der Waals surface area contributed by atoms with Crippen molar-refractivity contribution >= 4 is 31.7 Å². The first kappa shape index (κ1) is 38.1. The molecule has 2 aromatic carbocycles. The minimum absolute atomic E-state index is 0.0491. The molecule has 0 aromatic heterocycles. The smallest absolute Gasteiger partial charge is 0.246 e. The van der Waals surface area contributed by atoms with Crippen LogP contribution in [0.3, 0.4) is 0 Å². The number of benzene rings is 2. The van der Waals surface area contributed by atoms with Crippen LogP contribution in [0.15, 0.2) is 54.6 Å². The number of sulfonamides is 1. The summed E-state index contributed by atoms with van der Waals surface area (Å²) >= 11 is 0. The Bertz CT molecular complexity index is 1430. The van der Waals surface area contributed by atoms with Gasteiger partial charge >= 0.3 is 0 Å². The number of methoxy groups -OCH3 is 1. The molecule has 0 saturated carbocycles. The molecule has 5 N–H and O–H groups in total. The Morgan fingerprint density at radius 3 is 2.18 bits per heavy atom. The molecule has 14 heteroatoms. The number of carbonyl (C=O) groups excluding carboxylic acids is 2. The normalized spacial score (nSPS) is 14.0. The molecule has 0 aliphatic rings. The van der Waals surface area contributed by atoms with Gasteiger partial charge in [0.05, 0.1) is 37.0 Å². The molecule has 0 saturated heterocycles. The summed E-state index contributed by atoms with van der Waals surface area (Å²) in [6.07, 6.45) is 2.00. The first-order valence-electron chi connectivity index (χ1n) is 15.0. The molecule has 0 spiro atoms. The lowest BCUT2D eigenvalue weighted by Crippen LogP contribution is -2.56. The Morgan fingerprint density at radius 2 is 1.60 bits per heavy atom. The molecule has 2 aromatic rings. The summed E-state index contributed by atoms with van der Waals surface area (Å²) in [6, 6.07) is 13.9. The molecule has 0 heterocycles. The van der Waals surface area contributed by atoms with E-state index in [1.165, 1.54) is 12.0 Å². The Morgan fingerprint density at radius 1 is 0.978 bits per heavy atom. The Labute approximate surface area is 267 Å². The summed E-state index contributed by atoms with van der Waals surface area (Å²) in [5.74, 6) is -1.80. The number of ether oxygens (including phenoxy) is 1.